The van der Waals surface area contributed by atoms with Gasteiger partial charge in [0.05, 0.1) is 17.9 Å². The molecule has 9 nitrogen and oxygen atoms in total. The van der Waals surface area contributed by atoms with Crippen molar-refractivity contribution in [1.29, 1.82) is 0 Å². The van der Waals surface area contributed by atoms with E-state index in [1.165, 1.54) is 4.68 Å². The van der Waals surface area contributed by atoms with E-state index in [0.717, 1.165) is 17.0 Å². The number of esters is 1. The fourth-order valence-corrected chi connectivity index (χ4v) is 4.02. The van der Waals surface area contributed by atoms with E-state index in [0.29, 0.717) is 15.9 Å². The van der Waals surface area contributed by atoms with Crippen LogP contribution in [0.1, 0.15) is 32.6 Å². The Hall–Kier alpha value is -3.79. The first-order valence-corrected chi connectivity index (χ1v) is 9.91. The van der Waals surface area contributed by atoms with Crippen LogP contribution in [0.4, 0.5) is 11.6 Å². The number of benzene rings is 1. The lowest BCUT2D eigenvalue weighted by Gasteiger charge is -2.05. The molecule has 1 amide bonds. The number of nitrogens with one attached hydrogen (secondary N) is 1. The summed E-state index contributed by atoms with van der Waals surface area (Å²) >= 11 is 1.09. The van der Waals surface area contributed by atoms with E-state index in [4.69, 9.17) is 15.0 Å². The van der Waals surface area contributed by atoms with Crippen molar-refractivity contribution in [3.63, 3.8) is 0 Å². The van der Waals surface area contributed by atoms with Gasteiger partial charge in [-0.2, -0.15) is 0 Å². The number of ether oxygens (including phenoxy) is 1. The highest BCUT2D eigenvalue weighted by molar-refractivity contribution is 7.21. The topological polar surface area (TPSA) is 124 Å². The number of thiophene rings is 1. The predicted octanol–water partition coefficient (Wildman–Crippen LogP) is 2.88. The fourth-order valence-electron chi connectivity index (χ4n) is 2.95. The number of nitrogens with two attached hydrogens (primary N) is 1. The molecule has 0 aliphatic heterocycles. The molecule has 3 heterocycles. The molecule has 0 aliphatic carbocycles. The van der Waals surface area contributed by atoms with Crippen LogP contribution in [0.3, 0.4) is 0 Å². The molecule has 3 aromatic heterocycles. The lowest BCUT2D eigenvalue weighted by atomic mass is 10.1. The standard InChI is InChI=1S/C20H17N5O4S/c1-3-28-20(27)13-9-11(2)22-19-15(13)16(21)17(30-19)18(26)23-14-10-25(24-29-14)12-7-5-4-6-8-12/h4-10H,3H2,1-2H3,(H2-,21,23,24,26)/p+1. The van der Waals surface area contributed by atoms with Gasteiger partial charge in [-0.25, -0.2) is 9.78 Å². The van der Waals surface area contributed by atoms with Crippen molar-refractivity contribution in [3.05, 3.63) is 58.7 Å². The van der Waals surface area contributed by atoms with Gasteiger partial charge in [0.15, 0.2) is 0 Å². The van der Waals surface area contributed by atoms with Crippen molar-refractivity contribution < 1.29 is 23.5 Å². The van der Waals surface area contributed by atoms with Crippen LogP contribution in [-0.2, 0) is 4.74 Å². The monoisotopic (exact) mass is 424 g/mol. The summed E-state index contributed by atoms with van der Waals surface area (Å²) in [4.78, 5) is 30.3. The van der Waals surface area contributed by atoms with Crippen molar-refractivity contribution >= 4 is 45.0 Å². The molecule has 152 valence electrons. The maximum atomic E-state index is 12.8. The maximum Gasteiger partial charge on any atom is 0.338 e. The normalized spacial score (nSPS) is 10.9. The molecule has 4 aromatic rings. The van der Waals surface area contributed by atoms with E-state index < -0.39 is 11.9 Å². The molecule has 0 saturated carbocycles. The quantitative estimate of drug-likeness (QED) is 0.373. The van der Waals surface area contributed by atoms with E-state index in [1.54, 1.807) is 26.1 Å². The summed E-state index contributed by atoms with van der Waals surface area (Å²) in [6.45, 7) is 3.71. The zero-order valence-corrected chi connectivity index (χ0v) is 17.0. The molecule has 0 aliphatic rings. The highest BCUT2D eigenvalue weighted by Crippen LogP contribution is 2.36. The molecule has 10 heteroatoms. The zero-order valence-electron chi connectivity index (χ0n) is 16.2. The lowest BCUT2D eigenvalue weighted by Crippen LogP contribution is -2.31. The molecule has 0 bridgehead atoms. The van der Waals surface area contributed by atoms with Gasteiger partial charge in [-0.3, -0.25) is 14.6 Å². The Morgan fingerprint density at radius 1 is 1.30 bits per heavy atom. The Morgan fingerprint density at radius 2 is 2.07 bits per heavy atom. The number of nitrogen functional groups attached to an aromatic ring is 1. The predicted molar refractivity (Wildman–Crippen MR) is 111 cm³/mol. The van der Waals surface area contributed by atoms with E-state index in [9.17, 15) is 9.59 Å². The molecule has 0 radical (unpaired) electrons. The van der Waals surface area contributed by atoms with Gasteiger partial charge in [0.2, 0.25) is 11.0 Å². The Morgan fingerprint density at radius 3 is 2.80 bits per heavy atom. The number of nitrogens with zero attached hydrogens (tertiary/aromatic N) is 3. The number of anilines is 2. The summed E-state index contributed by atoms with van der Waals surface area (Å²) in [5.74, 6) is -0.849. The van der Waals surface area contributed by atoms with E-state index in [-0.39, 0.29) is 28.6 Å². The number of para-hydroxylation sites is 1. The fraction of sp³-hybridized carbons (Fsp3) is 0.150. The second kappa shape index (κ2) is 7.91. The molecule has 3 N–H and O–H groups in total. The number of hydrogen-bond donors (Lipinski definition) is 2. The maximum absolute atomic E-state index is 12.8. The summed E-state index contributed by atoms with van der Waals surface area (Å²) in [7, 11) is 0. The second-order valence-electron chi connectivity index (χ2n) is 6.36. The Labute approximate surface area is 175 Å². The molecule has 0 saturated heterocycles. The number of pyridine rings is 1. The number of carbonyl (C=O) groups is 2. The SMILES string of the molecule is CCOC(=O)c1cc(C)nc2sc(C(=O)Nc3c[n+](-c4ccccc4)no3)c(N)c12. The van der Waals surface area contributed by atoms with E-state index in [2.05, 4.69) is 15.6 Å². The van der Waals surface area contributed by atoms with Crippen molar-refractivity contribution in [2.45, 2.75) is 13.8 Å². The summed E-state index contributed by atoms with van der Waals surface area (Å²) in [6.07, 6.45) is 1.54. The Kier molecular flexibility index (Phi) is 5.15. The number of carbonyl (C=O) groups excluding carboxylic acids is 2. The largest absolute Gasteiger partial charge is 0.462 e. The number of aromatic nitrogens is 3. The van der Waals surface area contributed by atoms with Crippen LogP contribution in [0.15, 0.2) is 47.1 Å². The Balaban J connectivity index is 1.66. The highest BCUT2D eigenvalue weighted by atomic mass is 32.1. The van der Waals surface area contributed by atoms with Gasteiger partial charge < -0.3 is 10.5 Å². The highest BCUT2D eigenvalue weighted by Gasteiger charge is 2.25. The smallest absolute Gasteiger partial charge is 0.338 e. The van der Waals surface area contributed by atoms with Crippen molar-refractivity contribution in [2.75, 3.05) is 17.7 Å². The Bertz CT molecular complexity index is 1250. The van der Waals surface area contributed by atoms with Gasteiger partial charge >= 0.3 is 11.9 Å². The van der Waals surface area contributed by atoms with Crippen LogP contribution in [0.2, 0.25) is 0 Å². The first kappa shape index (κ1) is 19.5. The zero-order chi connectivity index (χ0) is 21.3. The van der Waals surface area contributed by atoms with Crippen LogP contribution < -0.4 is 15.7 Å². The third-order valence-electron chi connectivity index (χ3n) is 4.25. The molecule has 4 rings (SSSR count). The van der Waals surface area contributed by atoms with Gasteiger partial charge in [-0.1, -0.05) is 18.2 Å². The van der Waals surface area contributed by atoms with Crippen molar-refractivity contribution in [3.8, 4) is 5.69 Å². The summed E-state index contributed by atoms with van der Waals surface area (Å²) < 4.78 is 11.8. The van der Waals surface area contributed by atoms with E-state index in [1.807, 2.05) is 30.3 Å². The van der Waals surface area contributed by atoms with Crippen LogP contribution in [0.5, 0.6) is 0 Å². The van der Waals surface area contributed by atoms with Crippen LogP contribution in [-0.4, -0.2) is 28.7 Å². The molecule has 0 fully saturated rings. The third kappa shape index (κ3) is 3.60. The lowest BCUT2D eigenvalue weighted by molar-refractivity contribution is -0.670. The molecule has 30 heavy (non-hydrogen) atoms. The van der Waals surface area contributed by atoms with Crippen molar-refractivity contribution in [2.24, 2.45) is 0 Å². The van der Waals surface area contributed by atoms with Gasteiger partial charge in [0.1, 0.15) is 9.71 Å². The van der Waals surface area contributed by atoms with Gasteiger partial charge in [-0.05, 0) is 24.6 Å². The molecule has 0 atom stereocenters. The molecular weight excluding hydrogens is 406 g/mol. The van der Waals surface area contributed by atoms with Crippen LogP contribution in [0.25, 0.3) is 15.9 Å². The first-order valence-electron chi connectivity index (χ1n) is 9.10. The van der Waals surface area contributed by atoms with Gasteiger partial charge in [0, 0.05) is 23.2 Å². The second-order valence-corrected chi connectivity index (χ2v) is 7.36. The minimum atomic E-state index is -0.511. The average molecular weight is 424 g/mol. The van der Waals surface area contributed by atoms with Gasteiger partial charge in [-0.15, -0.1) is 11.3 Å². The van der Waals surface area contributed by atoms with Crippen LogP contribution >= 0.6 is 11.3 Å². The number of rotatable bonds is 5. The molecule has 1 aromatic carbocycles. The van der Waals surface area contributed by atoms with E-state index >= 15 is 0 Å². The molecule has 0 spiro atoms. The average Bonchev–Trinajstić information content (AvgIpc) is 3.33. The van der Waals surface area contributed by atoms with Gasteiger partial charge in [0.25, 0.3) is 12.1 Å². The molecular formula is C20H18N5O4S+. The summed E-state index contributed by atoms with van der Waals surface area (Å²) in [5, 5.41) is 6.94. The van der Waals surface area contributed by atoms with Crippen LogP contribution in [0, 0.1) is 6.92 Å². The minimum absolute atomic E-state index is 0.149. The summed E-state index contributed by atoms with van der Waals surface area (Å²) in [5.41, 5.74) is 8.08. The minimum Gasteiger partial charge on any atom is -0.462 e. The number of fused-ring (bicyclic) bond motifs is 1. The third-order valence-corrected chi connectivity index (χ3v) is 5.35. The number of aryl methyl sites for hydroxylation is 1. The number of hydrogen-bond acceptors (Lipinski definition) is 8. The molecule has 0 unspecified atom stereocenters. The number of amides is 1. The first-order chi connectivity index (χ1) is 14.5. The van der Waals surface area contributed by atoms with Crippen molar-refractivity contribution in [1.82, 2.24) is 10.3 Å². The summed E-state index contributed by atoms with van der Waals surface area (Å²) in [6, 6.07) is 10.9.